The van der Waals surface area contributed by atoms with Crippen molar-refractivity contribution < 1.29 is 14.4 Å². The fourth-order valence-electron chi connectivity index (χ4n) is 4.13. The number of anilines is 1. The van der Waals surface area contributed by atoms with Gasteiger partial charge in [-0.1, -0.05) is 37.3 Å². The summed E-state index contributed by atoms with van der Waals surface area (Å²) >= 11 is 0. The van der Waals surface area contributed by atoms with Crippen LogP contribution in [0.3, 0.4) is 0 Å². The summed E-state index contributed by atoms with van der Waals surface area (Å²) in [5.74, 6) is 0.475. The van der Waals surface area contributed by atoms with Gasteiger partial charge in [0.2, 0.25) is 11.8 Å². The van der Waals surface area contributed by atoms with Gasteiger partial charge in [0, 0.05) is 25.7 Å². The van der Waals surface area contributed by atoms with Gasteiger partial charge < -0.3 is 9.64 Å². The van der Waals surface area contributed by atoms with Gasteiger partial charge in [-0.15, -0.1) is 0 Å². The molecule has 0 bridgehead atoms. The first-order valence-electron chi connectivity index (χ1n) is 11.3. The number of hydroxylamine groups is 2. The second kappa shape index (κ2) is 9.51. The minimum absolute atomic E-state index is 0.103. The van der Waals surface area contributed by atoms with Crippen molar-refractivity contribution in [2.45, 2.75) is 39.5 Å². The molecule has 1 aromatic carbocycles. The molecule has 1 saturated heterocycles. The summed E-state index contributed by atoms with van der Waals surface area (Å²) in [4.78, 5) is 25.7. The van der Waals surface area contributed by atoms with E-state index >= 15 is 0 Å². The summed E-state index contributed by atoms with van der Waals surface area (Å²) in [5.41, 5.74) is 6.09. The molecule has 0 spiro atoms. The van der Waals surface area contributed by atoms with Crippen LogP contribution in [0.15, 0.2) is 54.7 Å². The molecule has 1 fully saturated rings. The van der Waals surface area contributed by atoms with Crippen molar-refractivity contribution >= 4 is 17.3 Å². The minimum Gasteiger partial charge on any atom is -0.481 e. The Morgan fingerprint density at radius 3 is 2.48 bits per heavy atom. The Labute approximate surface area is 195 Å². The summed E-state index contributed by atoms with van der Waals surface area (Å²) in [6.45, 7) is 9.81. The Hall–Kier alpha value is -2.94. The lowest BCUT2D eigenvalue weighted by Crippen LogP contribution is -2.51. The fourth-order valence-corrected chi connectivity index (χ4v) is 4.13. The Morgan fingerprint density at radius 1 is 1.09 bits per heavy atom. The first-order chi connectivity index (χ1) is 15.7. The van der Waals surface area contributed by atoms with Gasteiger partial charge in [0.05, 0.1) is 36.2 Å². The van der Waals surface area contributed by atoms with Gasteiger partial charge >= 0.3 is 0 Å². The Morgan fingerprint density at radius 2 is 1.85 bits per heavy atom. The third-order valence-electron chi connectivity index (χ3n) is 5.59. The maximum Gasteiger partial charge on any atom is 0.228 e. The highest BCUT2D eigenvalue weighted by atomic mass is 16.7. The summed E-state index contributed by atoms with van der Waals surface area (Å²) in [7, 11) is 1.60. The molecule has 2 unspecified atom stereocenters. The fraction of sp³-hybridized carbons (Fsp3) is 0.440. The van der Waals surface area contributed by atoms with E-state index in [4.69, 9.17) is 9.57 Å². The largest absolute Gasteiger partial charge is 0.481 e. The van der Waals surface area contributed by atoms with Crippen LogP contribution < -0.4 is 15.2 Å². The number of hydrazine groups is 1. The van der Waals surface area contributed by atoms with Gasteiger partial charge in [0.25, 0.3) is 0 Å². The van der Waals surface area contributed by atoms with Crippen LogP contribution in [0.25, 0.3) is 5.70 Å². The lowest BCUT2D eigenvalue weighted by Gasteiger charge is -2.31. The molecule has 2 aromatic rings. The number of nitrogens with one attached hydrogen (secondary N) is 1. The molecule has 0 aliphatic carbocycles. The zero-order chi connectivity index (χ0) is 23.6. The van der Waals surface area contributed by atoms with Crippen LogP contribution >= 0.6 is 0 Å². The predicted molar refractivity (Wildman–Crippen MR) is 128 cm³/mol. The van der Waals surface area contributed by atoms with Crippen molar-refractivity contribution in [1.29, 1.82) is 0 Å². The Balaban J connectivity index is 1.61. The lowest BCUT2D eigenvalue weighted by atomic mass is 10.1. The van der Waals surface area contributed by atoms with Crippen molar-refractivity contribution in [3.05, 3.63) is 60.3 Å². The molecule has 1 aromatic heterocycles. The second-order valence-electron chi connectivity index (χ2n) is 9.41. The molecular formula is C25H33N5O3. The highest BCUT2D eigenvalue weighted by Gasteiger charge is 2.36. The number of benzene rings is 1. The maximum atomic E-state index is 13.3. The SMILES string of the molecule is COc1ccc(N2NC(N3CCN(OC(C)(C)C)CC(C)C3=O)C=C2c2ccccc2)cn1. The van der Waals surface area contributed by atoms with Gasteiger partial charge in [-0.3, -0.25) is 14.6 Å². The highest BCUT2D eigenvalue weighted by Crippen LogP contribution is 2.31. The smallest absolute Gasteiger partial charge is 0.228 e. The molecule has 0 saturated carbocycles. The Bertz CT molecular complexity index is 987. The molecule has 1 amide bonds. The van der Waals surface area contributed by atoms with E-state index in [9.17, 15) is 4.79 Å². The van der Waals surface area contributed by atoms with Gasteiger partial charge in [-0.05, 0) is 38.5 Å². The Kier molecular flexibility index (Phi) is 6.69. The van der Waals surface area contributed by atoms with Crippen LogP contribution in [0.5, 0.6) is 5.88 Å². The average molecular weight is 452 g/mol. The van der Waals surface area contributed by atoms with Crippen molar-refractivity contribution in [1.82, 2.24) is 20.4 Å². The monoisotopic (exact) mass is 451 g/mol. The van der Waals surface area contributed by atoms with Crippen molar-refractivity contribution in [2.75, 3.05) is 31.8 Å². The predicted octanol–water partition coefficient (Wildman–Crippen LogP) is 3.29. The van der Waals surface area contributed by atoms with Crippen LogP contribution in [-0.4, -0.2) is 59.4 Å². The van der Waals surface area contributed by atoms with Gasteiger partial charge in [0.15, 0.2) is 0 Å². The number of hydrogen-bond donors (Lipinski definition) is 1. The van der Waals surface area contributed by atoms with Crippen molar-refractivity contribution in [3.63, 3.8) is 0 Å². The molecule has 33 heavy (non-hydrogen) atoms. The molecule has 2 aliphatic rings. The van der Waals surface area contributed by atoms with Crippen molar-refractivity contribution in [3.8, 4) is 5.88 Å². The molecule has 176 valence electrons. The highest BCUT2D eigenvalue weighted by molar-refractivity contribution is 5.84. The zero-order valence-electron chi connectivity index (χ0n) is 20.0. The van der Waals surface area contributed by atoms with Crippen molar-refractivity contribution in [2.24, 2.45) is 5.92 Å². The van der Waals surface area contributed by atoms with Gasteiger partial charge in [0.1, 0.15) is 6.17 Å². The molecule has 1 N–H and O–H groups in total. The number of aromatic nitrogens is 1. The molecule has 3 heterocycles. The maximum absolute atomic E-state index is 13.3. The first kappa shape index (κ1) is 23.2. The van der Waals surface area contributed by atoms with E-state index in [2.05, 4.69) is 28.6 Å². The molecule has 4 rings (SSSR count). The number of methoxy groups -OCH3 is 1. The van der Waals surface area contributed by atoms with Crippen LogP contribution in [0.4, 0.5) is 5.69 Å². The number of rotatable bonds is 5. The summed E-state index contributed by atoms with van der Waals surface area (Å²) < 4.78 is 5.21. The topological polar surface area (TPSA) is 70.2 Å². The molecule has 2 atom stereocenters. The van der Waals surface area contributed by atoms with E-state index in [1.807, 2.05) is 73.0 Å². The van der Waals surface area contributed by atoms with Crippen LogP contribution in [-0.2, 0) is 9.63 Å². The number of pyridine rings is 1. The number of carbonyl (C=O) groups excluding carboxylic acids is 1. The summed E-state index contributed by atoms with van der Waals surface area (Å²) in [5, 5.41) is 3.91. The van der Waals surface area contributed by atoms with Gasteiger partial charge in [-0.2, -0.15) is 5.06 Å². The quantitative estimate of drug-likeness (QED) is 0.748. The normalized spacial score (nSPS) is 22.3. The number of hydrogen-bond acceptors (Lipinski definition) is 7. The summed E-state index contributed by atoms with van der Waals surface area (Å²) in [6.07, 6.45) is 3.58. The van der Waals surface area contributed by atoms with E-state index < -0.39 is 0 Å². The third kappa shape index (κ3) is 5.35. The first-order valence-corrected chi connectivity index (χ1v) is 11.3. The molecule has 0 radical (unpaired) electrons. The van der Waals surface area contributed by atoms with E-state index in [1.54, 1.807) is 13.3 Å². The molecule has 2 aliphatic heterocycles. The molecular weight excluding hydrogens is 418 g/mol. The van der Waals surface area contributed by atoms with Crippen LogP contribution in [0.1, 0.15) is 33.3 Å². The number of nitrogens with zero attached hydrogens (tertiary/aromatic N) is 4. The minimum atomic E-state index is -0.303. The third-order valence-corrected chi connectivity index (χ3v) is 5.59. The van der Waals surface area contributed by atoms with Crippen LogP contribution in [0, 0.1) is 5.92 Å². The van der Waals surface area contributed by atoms with E-state index in [0.717, 1.165) is 16.9 Å². The standard InChI is InChI=1S/C25H33N5O3/c1-18-17-28(33-25(2,3)4)13-14-29(24(18)31)22-15-21(19-9-7-6-8-10-19)30(27-22)20-11-12-23(32-5)26-16-20/h6-12,15-16,18,22,27H,13-14,17H2,1-5H3. The van der Waals surface area contributed by atoms with Crippen LogP contribution in [0.2, 0.25) is 0 Å². The number of amides is 1. The molecule has 8 nitrogen and oxygen atoms in total. The lowest BCUT2D eigenvalue weighted by molar-refractivity contribution is -0.229. The number of ether oxygens (including phenoxy) is 1. The summed E-state index contributed by atoms with van der Waals surface area (Å²) in [6, 6.07) is 13.9. The van der Waals surface area contributed by atoms with Gasteiger partial charge in [-0.25, -0.2) is 10.4 Å². The molecule has 8 heteroatoms. The second-order valence-corrected chi connectivity index (χ2v) is 9.41. The van der Waals surface area contributed by atoms with E-state index in [1.165, 1.54) is 0 Å². The number of carbonyl (C=O) groups is 1. The van der Waals surface area contributed by atoms with E-state index in [0.29, 0.717) is 25.5 Å². The zero-order valence-corrected chi connectivity index (χ0v) is 20.0. The van der Waals surface area contributed by atoms with E-state index in [-0.39, 0.29) is 23.6 Å². The average Bonchev–Trinajstić information content (AvgIpc) is 3.18.